The molecule has 0 saturated carbocycles. The van der Waals surface area contributed by atoms with E-state index in [1.165, 1.54) is 80.4 Å². The van der Waals surface area contributed by atoms with E-state index < -0.39 is 0 Å². The van der Waals surface area contributed by atoms with Crippen molar-refractivity contribution in [1.82, 2.24) is 0 Å². The molecule has 0 N–H and O–H groups in total. The van der Waals surface area contributed by atoms with Crippen molar-refractivity contribution in [2.75, 3.05) is 4.90 Å². The normalized spacial score (nSPS) is 11.6. The van der Waals surface area contributed by atoms with Gasteiger partial charge < -0.3 is 4.90 Å². The number of rotatable bonds is 5. The lowest BCUT2D eigenvalue weighted by Gasteiger charge is -2.28. The molecule has 2 heteroatoms. The highest BCUT2D eigenvalue weighted by atomic mass is 32.1. The third kappa shape index (κ3) is 4.69. The Morgan fingerprint density at radius 2 is 0.940 bits per heavy atom. The summed E-state index contributed by atoms with van der Waals surface area (Å²) in [6, 6.07) is 68.8. The van der Waals surface area contributed by atoms with Crippen LogP contribution in [0, 0.1) is 0 Å². The lowest BCUT2D eigenvalue weighted by molar-refractivity contribution is 1.31. The van der Waals surface area contributed by atoms with Crippen molar-refractivity contribution < 1.29 is 0 Å². The van der Waals surface area contributed by atoms with E-state index in [4.69, 9.17) is 0 Å². The second kappa shape index (κ2) is 11.7. The zero-order chi connectivity index (χ0) is 33.0. The van der Waals surface area contributed by atoms with Crippen LogP contribution >= 0.6 is 11.3 Å². The van der Waals surface area contributed by atoms with Gasteiger partial charge in [-0.2, -0.15) is 0 Å². The monoisotopic (exact) mass is 653 g/mol. The molecule has 0 amide bonds. The molecule has 0 aliphatic rings. The predicted octanol–water partition coefficient (Wildman–Crippen LogP) is 14.3. The van der Waals surface area contributed by atoms with Gasteiger partial charge in [0.2, 0.25) is 0 Å². The van der Waals surface area contributed by atoms with Crippen LogP contribution in [-0.4, -0.2) is 0 Å². The maximum Gasteiger partial charge on any atom is 0.0554 e. The fourth-order valence-electron chi connectivity index (χ4n) is 7.68. The summed E-state index contributed by atoms with van der Waals surface area (Å²) >= 11 is 1.89. The van der Waals surface area contributed by atoms with Crippen LogP contribution in [0.2, 0.25) is 0 Å². The highest BCUT2D eigenvalue weighted by Crippen LogP contribution is 2.48. The van der Waals surface area contributed by atoms with Gasteiger partial charge in [0.25, 0.3) is 0 Å². The SMILES string of the molecule is c1ccc(-c2ccc(N(c3ccc4ccc5ccccc5c4c3)c3cccc4sc5c6ccccc6ccc5c34)cc2-c2ccccc2)cc1. The molecular formula is C48H31NS. The second-order valence-corrected chi connectivity index (χ2v) is 14.0. The Morgan fingerprint density at radius 1 is 0.360 bits per heavy atom. The fourth-order valence-corrected chi connectivity index (χ4v) is 8.93. The van der Waals surface area contributed by atoms with Gasteiger partial charge in [-0.1, -0.05) is 152 Å². The first-order valence-corrected chi connectivity index (χ1v) is 17.9. The quantitative estimate of drug-likeness (QED) is 0.167. The van der Waals surface area contributed by atoms with Gasteiger partial charge in [-0.25, -0.2) is 0 Å². The van der Waals surface area contributed by atoms with E-state index in [2.05, 4.69) is 193 Å². The van der Waals surface area contributed by atoms with Crippen LogP contribution in [0.5, 0.6) is 0 Å². The Kier molecular flexibility index (Phi) is 6.75. The van der Waals surface area contributed by atoms with Gasteiger partial charge in [0, 0.05) is 31.5 Å². The number of hydrogen-bond donors (Lipinski definition) is 0. The minimum atomic E-state index is 1.12. The molecule has 0 aliphatic carbocycles. The molecule has 10 aromatic rings. The van der Waals surface area contributed by atoms with Crippen molar-refractivity contribution in [2.24, 2.45) is 0 Å². The lowest BCUT2D eigenvalue weighted by Crippen LogP contribution is -2.10. The molecule has 1 heterocycles. The highest BCUT2D eigenvalue weighted by molar-refractivity contribution is 7.26. The van der Waals surface area contributed by atoms with Crippen molar-refractivity contribution in [3.63, 3.8) is 0 Å². The van der Waals surface area contributed by atoms with Crippen molar-refractivity contribution in [3.05, 3.63) is 188 Å². The molecule has 0 unspecified atom stereocenters. The maximum atomic E-state index is 2.48. The van der Waals surface area contributed by atoms with Crippen molar-refractivity contribution in [1.29, 1.82) is 0 Å². The van der Waals surface area contributed by atoms with Gasteiger partial charge in [0.15, 0.2) is 0 Å². The summed E-state index contributed by atoms with van der Waals surface area (Å²) < 4.78 is 2.62. The van der Waals surface area contributed by atoms with Crippen LogP contribution in [0.25, 0.3) is 74.7 Å². The molecule has 0 aliphatic heterocycles. The Hall–Kier alpha value is -6.22. The van der Waals surface area contributed by atoms with Crippen molar-refractivity contribution in [2.45, 2.75) is 0 Å². The van der Waals surface area contributed by atoms with Crippen LogP contribution in [0.1, 0.15) is 0 Å². The van der Waals surface area contributed by atoms with Gasteiger partial charge in [0.1, 0.15) is 0 Å². The fraction of sp³-hybridized carbons (Fsp3) is 0. The summed E-state index contributed by atoms with van der Waals surface area (Å²) in [5.74, 6) is 0. The van der Waals surface area contributed by atoms with E-state index in [9.17, 15) is 0 Å². The second-order valence-electron chi connectivity index (χ2n) is 12.9. The number of anilines is 3. The zero-order valence-corrected chi connectivity index (χ0v) is 28.1. The van der Waals surface area contributed by atoms with Gasteiger partial charge in [0.05, 0.1) is 5.69 Å². The smallest absolute Gasteiger partial charge is 0.0554 e. The summed E-state index contributed by atoms with van der Waals surface area (Å²) in [4.78, 5) is 2.48. The van der Waals surface area contributed by atoms with Crippen LogP contribution in [0.15, 0.2) is 188 Å². The number of thiophene rings is 1. The molecule has 10 rings (SSSR count). The standard InChI is InChI=1S/C48H31NS/c1-3-12-32(13-4-1)40-29-27-38(31-43(40)33-14-5-2-6-15-33)49(37-26-24-36-23-22-34-16-7-9-18-39(34)44(36)30-37)45-20-11-21-46-47(45)42-28-25-35-17-8-10-19-41(35)48(42)50-46/h1-31H. The van der Waals surface area contributed by atoms with Gasteiger partial charge in [-0.05, 0) is 91.0 Å². The Balaban J connectivity index is 1.28. The van der Waals surface area contributed by atoms with Crippen LogP contribution in [0.3, 0.4) is 0 Å². The molecule has 0 spiro atoms. The summed E-state index contributed by atoms with van der Waals surface area (Å²) in [6.07, 6.45) is 0. The first-order valence-electron chi connectivity index (χ1n) is 17.1. The summed E-state index contributed by atoms with van der Waals surface area (Å²) in [5.41, 5.74) is 8.26. The Labute approximate surface area is 294 Å². The molecule has 0 bridgehead atoms. The molecule has 9 aromatic carbocycles. The van der Waals surface area contributed by atoms with Crippen LogP contribution < -0.4 is 4.90 Å². The Morgan fingerprint density at radius 3 is 1.72 bits per heavy atom. The van der Waals surface area contributed by atoms with Gasteiger partial charge in [-0.15, -0.1) is 11.3 Å². The number of fused-ring (bicyclic) bond motifs is 8. The Bertz CT molecular complexity index is 2870. The average Bonchev–Trinajstić information content (AvgIpc) is 3.59. The summed E-state index contributed by atoms with van der Waals surface area (Å²) in [7, 11) is 0. The van der Waals surface area contributed by atoms with E-state index in [-0.39, 0.29) is 0 Å². The molecule has 1 nitrogen and oxygen atoms in total. The third-order valence-electron chi connectivity index (χ3n) is 10.0. The van der Waals surface area contributed by atoms with Crippen LogP contribution in [0.4, 0.5) is 17.1 Å². The summed E-state index contributed by atoms with van der Waals surface area (Å²) in [6.45, 7) is 0. The largest absolute Gasteiger partial charge is 0.310 e. The van der Waals surface area contributed by atoms with E-state index in [1.807, 2.05) is 11.3 Å². The van der Waals surface area contributed by atoms with Crippen LogP contribution in [-0.2, 0) is 0 Å². The molecule has 0 saturated heterocycles. The number of hydrogen-bond acceptors (Lipinski definition) is 2. The predicted molar refractivity (Wildman–Crippen MR) is 217 cm³/mol. The molecule has 1 aromatic heterocycles. The first-order chi connectivity index (χ1) is 24.8. The molecule has 0 radical (unpaired) electrons. The molecule has 0 fully saturated rings. The minimum Gasteiger partial charge on any atom is -0.310 e. The lowest BCUT2D eigenvalue weighted by atomic mass is 9.93. The third-order valence-corrected chi connectivity index (χ3v) is 11.2. The average molecular weight is 654 g/mol. The van der Waals surface area contributed by atoms with Crippen molar-refractivity contribution >= 4 is 80.9 Å². The number of nitrogens with zero attached hydrogens (tertiary/aromatic N) is 1. The molecule has 234 valence electrons. The van der Waals surface area contributed by atoms with E-state index in [0.29, 0.717) is 0 Å². The molecular weight excluding hydrogens is 623 g/mol. The van der Waals surface area contributed by atoms with Gasteiger partial charge >= 0.3 is 0 Å². The molecule has 50 heavy (non-hydrogen) atoms. The van der Waals surface area contributed by atoms with E-state index in [1.54, 1.807) is 0 Å². The van der Waals surface area contributed by atoms with Gasteiger partial charge in [-0.3, -0.25) is 0 Å². The summed E-state index contributed by atoms with van der Waals surface area (Å²) in [5, 5.41) is 10.2. The topological polar surface area (TPSA) is 3.24 Å². The van der Waals surface area contributed by atoms with Crippen molar-refractivity contribution in [3.8, 4) is 22.3 Å². The van der Waals surface area contributed by atoms with E-state index in [0.717, 1.165) is 11.4 Å². The highest BCUT2D eigenvalue weighted by Gasteiger charge is 2.21. The number of benzene rings is 9. The first kappa shape index (κ1) is 28.8. The molecule has 0 atom stereocenters. The van der Waals surface area contributed by atoms with E-state index >= 15 is 0 Å². The maximum absolute atomic E-state index is 2.48. The zero-order valence-electron chi connectivity index (χ0n) is 27.3. The minimum absolute atomic E-state index is 1.12.